The molecule has 3 N–H and O–H groups in total. The lowest BCUT2D eigenvalue weighted by Gasteiger charge is -2.18. The number of halogens is 2. The summed E-state index contributed by atoms with van der Waals surface area (Å²) in [5.74, 6) is 5.59. The topological polar surface area (TPSA) is 38.0 Å². The van der Waals surface area contributed by atoms with Gasteiger partial charge in [0.25, 0.3) is 0 Å². The van der Waals surface area contributed by atoms with Gasteiger partial charge in [0.05, 0.1) is 6.04 Å². The molecule has 0 heterocycles. The fourth-order valence-electron chi connectivity index (χ4n) is 1.48. The maximum Gasteiger partial charge on any atom is 0.0508 e. The molecule has 4 heteroatoms. The molecule has 2 nitrogen and oxygen atoms in total. The van der Waals surface area contributed by atoms with Gasteiger partial charge in [0.1, 0.15) is 0 Å². The lowest BCUT2D eigenvalue weighted by Crippen LogP contribution is -2.28. The van der Waals surface area contributed by atoms with E-state index in [0.717, 1.165) is 27.4 Å². The summed E-state index contributed by atoms with van der Waals surface area (Å²) >= 11 is 6.98. The number of hydrogen-bond donors (Lipinski definition) is 2. The van der Waals surface area contributed by atoms with Gasteiger partial charge in [-0.1, -0.05) is 57.0 Å². The molecular weight excluding hydrogens is 332 g/mol. The van der Waals surface area contributed by atoms with Gasteiger partial charge >= 0.3 is 0 Å². The highest BCUT2D eigenvalue weighted by atomic mass is 79.9. The van der Waals surface area contributed by atoms with Gasteiger partial charge in [0.15, 0.2) is 0 Å². The average molecular weight is 348 g/mol. The maximum absolute atomic E-state index is 5.59. The molecule has 0 aliphatic heterocycles. The van der Waals surface area contributed by atoms with Crippen LogP contribution in [0.4, 0.5) is 0 Å². The first kappa shape index (κ1) is 13.9. The lowest BCUT2D eigenvalue weighted by molar-refractivity contribution is 0.543. The summed E-state index contributed by atoms with van der Waals surface area (Å²) < 4.78 is 2.10. The van der Waals surface area contributed by atoms with E-state index in [1.807, 2.05) is 12.1 Å². The minimum Gasteiger partial charge on any atom is -0.271 e. The highest BCUT2D eigenvalue weighted by Crippen LogP contribution is 2.30. The standard InChI is InChI=1S/C12H16Br2N2/c1-3-8(2)6-12(16-15)10-5-4-9(13)7-11(10)14/h4-5,7,12,16H,2-3,6,15H2,1H3. The molecule has 0 bridgehead atoms. The van der Waals surface area contributed by atoms with Crippen LogP contribution in [-0.4, -0.2) is 0 Å². The van der Waals surface area contributed by atoms with Crippen molar-refractivity contribution in [1.82, 2.24) is 5.43 Å². The molecule has 0 saturated carbocycles. The number of hydrazine groups is 1. The summed E-state index contributed by atoms with van der Waals surface area (Å²) in [6.07, 6.45) is 1.83. The van der Waals surface area contributed by atoms with Crippen molar-refractivity contribution in [3.63, 3.8) is 0 Å². The molecule has 1 aromatic carbocycles. The van der Waals surface area contributed by atoms with E-state index in [4.69, 9.17) is 5.84 Å². The second kappa shape index (κ2) is 6.55. The van der Waals surface area contributed by atoms with Crippen LogP contribution < -0.4 is 11.3 Å². The monoisotopic (exact) mass is 346 g/mol. The summed E-state index contributed by atoms with van der Waals surface area (Å²) in [5, 5.41) is 0. The van der Waals surface area contributed by atoms with Crippen LogP contribution in [0.25, 0.3) is 0 Å². The van der Waals surface area contributed by atoms with Gasteiger partial charge < -0.3 is 0 Å². The Balaban J connectivity index is 2.90. The molecule has 88 valence electrons. The molecule has 0 aliphatic rings. The smallest absolute Gasteiger partial charge is 0.0508 e. The number of rotatable bonds is 5. The number of benzene rings is 1. The molecular formula is C12H16Br2N2. The van der Waals surface area contributed by atoms with Gasteiger partial charge in [-0.05, 0) is 30.5 Å². The second-order valence-electron chi connectivity index (χ2n) is 3.69. The van der Waals surface area contributed by atoms with Crippen molar-refractivity contribution in [2.24, 2.45) is 5.84 Å². The summed E-state index contributed by atoms with van der Waals surface area (Å²) in [4.78, 5) is 0. The van der Waals surface area contributed by atoms with E-state index in [1.54, 1.807) is 0 Å². The van der Waals surface area contributed by atoms with Crippen molar-refractivity contribution in [1.29, 1.82) is 0 Å². The first-order valence-electron chi connectivity index (χ1n) is 5.16. The van der Waals surface area contributed by atoms with Crippen LogP contribution in [0.5, 0.6) is 0 Å². The van der Waals surface area contributed by atoms with Gasteiger partial charge in [0, 0.05) is 8.95 Å². The van der Waals surface area contributed by atoms with Crippen LogP contribution in [0, 0.1) is 0 Å². The molecule has 0 fully saturated rings. The molecule has 1 aromatic rings. The predicted molar refractivity (Wildman–Crippen MR) is 76.0 cm³/mol. The number of nitrogens with one attached hydrogen (secondary N) is 1. The molecule has 1 atom stereocenters. The molecule has 0 aromatic heterocycles. The highest BCUT2D eigenvalue weighted by molar-refractivity contribution is 9.11. The van der Waals surface area contributed by atoms with Gasteiger partial charge in [-0.3, -0.25) is 11.3 Å². The Hall–Kier alpha value is -0.160. The van der Waals surface area contributed by atoms with Crippen LogP contribution in [0.1, 0.15) is 31.4 Å². The molecule has 0 spiro atoms. The van der Waals surface area contributed by atoms with Crippen LogP contribution in [0.2, 0.25) is 0 Å². The molecule has 0 radical (unpaired) electrons. The lowest BCUT2D eigenvalue weighted by atomic mass is 9.99. The van der Waals surface area contributed by atoms with Gasteiger partial charge in [0.2, 0.25) is 0 Å². The van der Waals surface area contributed by atoms with Gasteiger partial charge in [-0.2, -0.15) is 0 Å². The Kier molecular flexibility index (Phi) is 5.69. The van der Waals surface area contributed by atoms with Crippen molar-refractivity contribution in [3.8, 4) is 0 Å². The minimum atomic E-state index is 0.106. The molecule has 0 aliphatic carbocycles. The Morgan fingerprint density at radius 1 is 1.50 bits per heavy atom. The SMILES string of the molecule is C=C(CC)CC(NN)c1ccc(Br)cc1Br. The summed E-state index contributed by atoms with van der Waals surface area (Å²) in [7, 11) is 0. The van der Waals surface area contributed by atoms with Gasteiger partial charge in [-0.25, -0.2) is 0 Å². The maximum atomic E-state index is 5.59. The fraction of sp³-hybridized carbons (Fsp3) is 0.333. The van der Waals surface area contributed by atoms with Crippen LogP contribution in [0.3, 0.4) is 0 Å². The first-order valence-corrected chi connectivity index (χ1v) is 6.74. The van der Waals surface area contributed by atoms with Crippen LogP contribution in [-0.2, 0) is 0 Å². The highest BCUT2D eigenvalue weighted by Gasteiger charge is 2.13. The third-order valence-electron chi connectivity index (χ3n) is 2.53. The normalized spacial score (nSPS) is 12.5. The second-order valence-corrected chi connectivity index (χ2v) is 5.46. The first-order chi connectivity index (χ1) is 7.58. The number of hydrogen-bond acceptors (Lipinski definition) is 2. The van der Waals surface area contributed by atoms with E-state index in [1.165, 1.54) is 5.57 Å². The van der Waals surface area contributed by atoms with E-state index in [0.29, 0.717) is 0 Å². The fourth-order valence-corrected chi connectivity index (χ4v) is 2.80. The van der Waals surface area contributed by atoms with E-state index in [9.17, 15) is 0 Å². The van der Waals surface area contributed by atoms with E-state index >= 15 is 0 Å². The zero-order valence-electron chi connectivity index (χ0n) is 9.26. The van der Waals surface area contributed by atoms with Crippen molar-refractivity contribution in [2.45, 2.75) is 25.8 Å². The summed E-state index contributed by atoms with van der Waals surface area (Å²) in [5.41, 5.74) is 5.18. The largest absolute Gasteiger partial charge is 0.271 e. The van der Waals surface area contributed by atoms with E-state index in [2.05, 4.69) is 56.9 Å². The third-order valence-corrected chi connectivity index (χ3v) is 3.71. The average Bonchev–Trinajstić information content (AvgIpc) is 2.26. The molecule has 16 heavy (non-hydrogen) atoms. The Bertz CT molecular complexity index is 377. The van der Waals surface area contributed by atoms with Crippen molar-refractivity contribution < 1.29 is 0 Å². The zero-order chi connectivity index (χ0) is 12.1. The van der Waals surface area contributed by atoms with E-state index in [-0.39, 0.29) is 6.04 Å². The molecule has 0 saturated heterocycles. The Morgan fingerprint density at radius 2 is 2.19 bits per heavy atom. The predicted octanol–water partition coefficient (Wildman–Crippen LogP) is 4.07. The Labute approximate surface area is 114 Å². The molecule has 1 rings (SSSR count). The zero-order valence-corrected chi connectivity index (χ0v) is 12.4. The molecule has 1 unspecified atom stereocenters. The Morgan fingerprint density at radius 3 is 2.69 bits per heavy atom. The quantitative estimate of drug-likeness (QED) is 0.478. The number of nitrogens with two attached hydrogens (primary N) is 1. The van der Waals surface area contributed by atoms with Crippen molar-refractivity contribution in [2.75, 3.05) is 0 Å². The van der Waals surface area contributed by atoms with Crippen molar-refractivity contribution in [3.05, 3.63) is 44.9 Å². The minimum absolute atomic E-state index is 0.106. The van der Waals surface area contributed by atoms with Crippen LogP contribution in [0.15, 0.2) is 39.3 Å². The van der Waals surface area contributed by atoms with Crippen molar-refractivity contribution >= 4 is 31.9 Å². The summed E-state index contributed by atoms with van der Waals surface area (Å²) in [6, 6.07) is 6.20. The third kappa shape index (κ3) is 3.70. The molecule has 0 amide bonds. The van der Waals surface area contributed by atoms with Gasteiger partial charge in [-0.15, -0.1) is 0 Å². The summed E-state index contributed by atoms with van der Waals surface area (Å²) in [6.45, 7) is 6.12. The van der Waals surface area contributed by atoms with Crippen LogP contribution >= 0.6 is 31.9 Å². The van der Waals surface area contributed by atoms with E-state index < -0.39 is 0 Å².